The molecule has 7 rings (SSSR count). The highest BCUT2D eigenvalue weighted by molar-refractivity contribution is 7.17. The van der Waals surface area contributed by atoms with Crippen LogP contribution in [0.4, 0.5) is 0 Å². The lowest BCUT2D eigenvalue weighted by atomic mass is 10.2. The number of ether oxygens (including phenoxy) is 2. The van der Waals surface area contributed by atoms with Gasteiger partial charge >= 0.3 is 0 Å². The lowest BCUT2D eigenvalue weighted by Crippen LogP contribution is -1.89. The molecule has 0 aliphatic carbocycles. The molecule has 5 nitrogen and oxygen atoms in total. The first-order chi connectivity index (χ1) is 18.8. The molecular formula is C32H21N3O2S. The number of rotatable bonds is 6. The van der Waals surface area contributed by atoms with Crippen LogP contribution >= 0.6 is 11.3 Å². The highest BCUT2D eigenvalue weighted by atomic mass is 32.1. The summed E-state index contributed by atoms with van der Waals surface area (Å²) in [4.78, 5) is 9.00. The molecule has 182 valence electrons. The summed E-state index contributed by atoms with van der Waals surface area (Å²) in [6, 6.07) is 38.1. The molecule has 3 aromatic heterocycles. The fourth-order valence-electron chi connectivity index (χ4n) is 4.62. The molecule has 0 fully saturated rings. The van der Waals surface area contributed by atoms with Crippen LogP contribution in [0, 0.1) is 0 Å². The number of fused-ring (bicyclic) bond motifs is 3. The normalized spacial score (nSPS) is 11.2. The van der Waals surface area contributed by atoms with Crippen molar-refractivity contribution in [3.05, 3.63) is 128 Å². The van der Waals surface area contributed by atoms with Gasteiger partial charge in [-0.25, -0.2) is 9.97 Å². The van der Waals surface area contributed by atoms with E-state index in [2.05, 4.69) is 64.1 Å². The van der Waals surface area contributed by atoms with E-state index in [0.29, 0.717) is 17.4 Å². The Morgan fingerprint density at radius 1 is 0.579 bits per heavy atom. The number of pyridine rings is 1. The largest absolute Gasteiger partial charge is 0.457 e. The van der Waals surface area contributed by atoms with Gasteiger partial charge in [-0.05, 0) is 42.5 Å². The molecule has 0 saturated heterocycles. The van der Waals surface area contributed by atoms with Gasteiger partial charge in [-0.2, -0.15) is 0 Å². The van der Waals surface area contributed by atoms with Crippen LogP contribution in [0.3, 0.4) is 0 Å². The van der Waals surface area contributed by atoms with Gasteiger partial charge in [0, 0.05) is 34.7 Å². The molecule has 0 aliphatic rings. The van der Waals surface area contributed by atoms with Gasteiger partial charge in [0.2, 0.25) is 5.88 Å². The van der Waals surface area contributed by atoms with Crippen LogP contribution in [0.2, 0.25) is 0 Å². The second kappa shape index (κ2) is 9.50. The molecular weight excluding hydrogens is 490 g/mol. The molecule has 0 aliphatic heterocycles. The lowest BCUT2D eigenvalue weighted by Gasteiger charge is -2.09. The first-order valence-electron chi connectivity index (χ1n) is 12.2. The number of thiazole rings is 1. The number of hydrogen-bond acceptors (Lipinski definition) is 5. The second-order valence-electron chi connectivity index (χ2n) is 8.75. The topological polar surface area (TPSA) is 49.2 Å². The molecule has 38 heavy (non-hydrogen) atoms. The highest BCUT2D eigenvalue weighted by Crippen LogP contribution is 2.37. The van der Waals surface area contributed by atoms with Gasteiger partial charge in [-0.15, -0.1) is 0 Å². The molecule has 6 heteroatoms. The minimum absolute atomic E-state index is 0.537. The van der Waals surface area contributed by atoms with Crippen molar-refractivity contribution in [1.29, 1.82) is 0 Å². The maximum atomic E-state index is 6.18. The van der Waals surface area contributed by atoms with Gasteiger partial charge < -0.3 is 9.47 Å². The van der Waals surface area contributed by atoms with Crippen LogP contribution in [0.15, 0.2) is 128 Å². The van der Waals surface area contributed by atoms with Crippen molar-refractivity contribution in [3.8, 4) is 38.7 Å². The SMILES string of the molecule is c1ccc(Oc2cccc(Oc3cccc(-c4ncc(-n5c6ccccc6c6ccccc65)s4)c3)c2)nc1. The summed E-state index contributed by atoms with van der Waals surface area (Å²) in [5.74, 6) is 2.61. The van der Waals surface area contributed by atoms with Crippen LogP contribution in [-0.4, -0.2) is 14.5 Å². The van der Waals surface area contributed by atoms with E-state index in [4.69, 9.17) is 14.5 Å². The van der Waals surface area contributed by atoms with Crippen molar-refractivity contribution < 1.29 is 9.47 Å². The Hall–Kier alpha value is -4.94. The molecule has 4 aromatic carbocycles. The number of hydrogen-bond donors (Lipinski definition) is 0. The van der Waals surface area contributed by atoms with Gasteiger partial charge in [0.1, 0.15) is 27.3 Å². The summed E-state index contributed by atoms with van der Waals surface area (Å²) in [7, 11) is 0. The minimum Gasteiger partial charge on any atom is -0.457 e. The van der Waals surface area contributed by atoms with Crippen LogP contribution in [-0.2, 0) is 0 Å². The van der Waals surface area contributed by atoms with E-state index in [9.17, 15) is 0 Å². The van der Waals surface area contributed by atoms with E-state index < -0.39 is 0 Å². The van der Waals surface area contributed by atoms with Crippen molar-refractivity contribution in [1.82, 2.24) is 14.5 Å². The third kappa shape index (κ3) is 4.17. The molecule has 0 bridgehead atoms. The summed E-state index contributed by atoms with van der Waals surface area (Å²) < 4.78 is 14.3. The predicted octanol–water partition coefficient (Wildman–Crippen LogP) is 8.89. The first-order valence-corrected chi connectivity index (χ1v) is 13.1. The summed E-state index contributed by atoms with van der Waals surface area (Å²) in [6.07, 6.45) is 3.65. The zero-order chi connectivity index (χ0) is 25.3. The molecule has 0 amide bonds. The molecule has 3 heterocycles. The molecule has 0 radical (unpaired) electrons. The monoisotopic (exact) mass is 511 g/mol. The first kappa shape index (κ1) is 22.3. The molecule has 7 aromatic rings. The fourth-order valence-corrected chi connectivity index (χ4v) is 5.56. The van der Waals surface area contributed by atoms with E-state index in [1.54, 1.807) is 17.5 Å². The van der Waals surface area contributed by atoms with Gasteiger partial charge in [0.25, 0.3) is 0 Å². The lowest BCUT2D eigenvalue weighted by molar-refractivity contribution is 0.449. The zero-order valence-corrected chi connectivity index (χ0v) is 21.0. The van der Waals surface area contributed by atoms with Gasteiger partial charge in [-0.3, -0.25) is 4.57 Å². The predicted molar refractivity (Wildman–Crippen MR) is 153 cm³/mol. The van der Waals surface area contributed by atoms with Crippen molar-refractivity contribution in [2.24, 2.45) is 0 Å². The number of nitrogens with zero attached hydrogens (tertiary/aromatic N) is 3. The van der Waals surface area contributed by atoms with E-state index >= 15 is 0 Å². The Kier molecular flexibility index (Phi) is 5.57. The van der Waals surface area contributed by atoms with Crippen molar-refractivity contribution >= 4 is 33.1 Å². The smallest absolute Gasteiger partial charge is 0.219 e. The Balaban J connectivity index is 1.18. The third-order valence-corrected chi connectivity index (χ3v) is 7.31. The Labute approximate surface area is 223 Å². The Bertz CT molecular complexity index is 1840. The average Bonchev–Trinajstić information content (AvgIpc) is 3.57. The molecule has 0 unspecified atom stereocenters. The number of para-hydroxylation sites is 2. The van der Waals surface area contributed by atoms with E-state index in [1.165, 1.54) is 21.8 Å². The van der Waals surface area contributed by atoms with Crippen molar-refractivity contribution in [2.75, 3.05) is 0 Å². The van der Waals surface area contributed by atoms with E-state index in [0.717, 1.165) is 21.3 Å². The standard InChI is InChI=1S/C32H21N3O2S/c1-3-15-28-26(13-1)27-14-2-4-16-29(27)35(28)31-21-34-32(38-31)22-9-7-10-23(19-22)36-24-11-8-12-25(20-24)37-30-17-5-6-18-33-30/h1-21H. The maximum Gasteiger partial charge on any atom is 0.219 e. The number of benzene rings is 4. The molecule has 0 N–H and O–H groups in total. The highest BCUT2D eigenvalue weighted by Gasteiger charge is 2.14. The van der Waals surface area contributed by atoms with E-state index in [-0.39, 0.29) is 0 Å². The van der Waals surface area contributed by atoms with Crippen LogP contribution in [0.25, 0.3) is 37.4 Å². The molecule has 0 saturated carbocycles. The Morgan fingerprint density at radius 2 is 1.24 bits per heavy atom. The van der Waals surface area contributed by atoms with Gasteiger partial charge in [0.15, 0.2) is 0 Å². The van der Waals surface area contributed by atoms with Crippen LogP contribution in [0.1, 0.15) is 0 Å². The van der Waals surface area contributed by atoms with E-state index in [1.807, 2.05) is 66.9 Å². The van der Waals surface area contributed by atoms with Crippen molar-refractivity contribution in [3.63, 3.8) is 0 Å². The quantitative estimate of drug-likeness (QED) is 0.224. The van der Waals surface area contributed by atoms with Gasteiger partial charge in [-0.1, -0.05) is 72.0 Å². The van der Waals surface area contributed by atoms with Crippen LogP contribution in [0.5, 0.6) is 23.1 Å². The molecule has 0 spiro atoms. The van der Waals surface area contributed by atoms with Crippen molar-refractivity contribution in [2.45, 2.75) is 0 Å². The summed E-state index contributed by atoms with van der Waals surface area (Å²) in [5, 5.41) is 4.48. The minimum atomic E-state index is 0.537. The zero-order valence-electron chi connectivity index (χ0n) is 20.2. The van der Waals surface area contributed by atoms with Crippen LogP contribution < -0.4 is 9.47 Å². The number of aromatic nitrogens is 3. The summed E-state index contributed by atoms with van der Waals surface area (Å²) >= 11 is 1.66. The Morgan fingerprint density at radius 3 is 1.97 bits per heavy atom. The average molecular weight is 512 g/mol. The summed E-state index contributed by atoms with van der Waals surface area (Å²) in [5.41, 5.74) is 3.35. The van der Waals surface area contributed by atoms with Gasteiger partial charge in [0.05, 0.1) is 17.2 Å². The third-order valence-electron chi connectivity index (χ3n) is 6.28. The summed E-state index contributed by atoms with van der Waals surface area (Å²) in [6.45, 7) is 0. The molecule has 0 atom stereocenters. The second-order valence-corrected chi connectivity index (χ2v) is 9.76. The maximum absolute atomic E-state index is 6.18. The fraction of sp³-hybridized carbons (Fsp3) is 0.